The second kappa shape index (κ2) is 6.59. The SMILES string of the molecule is CCCCCN(C)S(=O)(=O)c1cccc2c1CCCN2. The number of hydrogen-bond acceptors (Lipinski definition) is 3. The molecule has 0 fully saturated rings. The molecule has 0 bridgehead atoms. The highest BCUT2D eigenvalue weighted by Crippen LogP contribution is 2.29. The van der Waals surface area contributed by atoms with Crippen molar-refractivity contribution in [2.75, 3.05) is 25.5 Å². The molecular formula is C15H24N2O2S. The van der Waals surface area contributed by atoms with E-state index in [1.807, 2.05) is 12.1 Å². The predicted octanol–water partition coefficient (Wildman–Crippen LogP) is 2.86. The maximum absolute atomic E-state index is 12.7. The minimum absolute atomic E-state index is 0.473. The zero-order chi connectivity index (χ0) is 14.6. The van der Waals surface area contributed by atoms with E-state index < -0.39 is 10.0 Å². The van der Waals surface area contributed by atoms with Crippen LogP contribution < -0.4 is 5.32 Å². The van der Waals surface area contributed by atoms with Crippen LogP contribution in [0.4, 0.5) is 5.69 Å². The van der Waals surface area contributed by atoms with Gasteiger partial charge in [-0.15, -0.1) is 0 Å². The van der Waals surface area contributed by atoms with Crippen LogP contribution in [0.5, 0.6) is 0 Å². The summed E-state index contributed by atoms with van der Waals surface area (Å²) < 4.78 is 26.9. The number of rotatable bonds is 6. The number of fused-ring (bicyclic) bond motifs is 1. The summed E-state index contributed by atoms with van der Waals surface area (Å²) in [6.07, 6.45) is 4.89. The lowest BCUT2D eigenvalue weighted by molar-refractivity contribution is 0.453. The van der Waals surface area contributed by atoms with Crippen LogP contribution in [0.15, 0.2) is 23.1 Å². The molecule has 112 valence electrons. The van der Waals surface area contributed by atoms with Crippen molar-refractivity contribution < 1.29 is 8.42 Å². The van der Waals surface area contributed by atoms with Gasteiger partial charge in [-0.05, 0) is 37.0 Å². The van der Waals surface area contributed by atoms with Crippen molar-refractivity contribution in [3.05, 3.63) is 23.8 Å². The summed E-state index contributed by atoms with van der Waals surface area (Å²) >= 11 is 0. The van der Waals surface area contributed by atoms with Gasteiger partial charge >= 0.3 is 0 Å². The molecule has 1 aliphatic heterocycles. The summed E-state index contributed by atoms with van der Waals surface area (Å²) in [6, 6.07) is 5.52. The van der Waals surface area contributed by atoms with Crippen molar-refractivity contribution >= 4 is 15.7 Å². The van der Waals surface area contributed by atoms with Crippen LogP contribution in [-0.4, -0.2) is 32.9 Å². The van der Waals surface area contributed by atoms with Crippen LogP contribution >= 0.6 is 0 Å². The lowest BCUT2D eigenvalue weighted by Crippen LogP contribution is -2.29. The standard InChI is InChI=1S/C15H24N2O2S/c1-3-4-5-12-17(2)20(18,19)15-10-6-9-14-13(15)8-7-11-16-14/h6,9-10,16H,3-5,7-8,11-12H2,1-2H3. The molecule has 2 rings (SSSR count). The fraction of sp³-hybridized carbons (Fsp3) is 0.600. The molecular weight excluding hydrogens is 272 g/mol. The number of nitrogens with one attached hydrogen (secondary N) is 1. The Kier molecular flexibility index (Phi) is 5.05. The quantitative estimate of drug-likeness (QED) is 0.821. The lowest BCUT2D eigenvalue weighted by Gasteiger charge is -2.24. The smallest absolute Gasteiger partial charge is 0.243 e. The Bertz CT molecular complexity index is 555. The number of sulfonamides is 1. The summed E-state index contributed by atoms with van der Waals surface area (Å²) in [6.45, 7) is 3.63. The number of unbranched alkanes of at least 4 members (excludes halogenated alkanes) is 2. The van der Waals surface area contributed by atoms with Gasteiger partial charge in [0.1, 0.15) is 0 Å². The molecule has 1 aromatic carbocycles. The Morgan fingerprint density at radius 3 is 2.85 bits per heavy atom. The minimum atomic E-state index is -3.37. The van der Waals surface area contributed by atoms with E-state index in [9.17, 15) is 8.42 Å². The summed E-state index contributed by atoms with van der Waals surface area (Å²) in [7, 11) is -1.69. The molecule has 1 aliphatic rings. The van der Waals surface area contributed by atoms with Gasteiger partial charge in [-0.25, -0.2) is 12.7 Å². The molecule has 0 aliphatic carbocycles. The molecule has 0 amide bonds. The largest absolute Gasteiger partial charge is 0.385 e. The zero-order valence-electron chi connectivity index (χ0n) is 12.4. The van der Waals surface area contributed by atoms with Crippen molar-refractivity contribution in [2.24, 2.45) is 0 Å². The summed E-state index contributed by atoms with van der Waals surface area (Å²) in [5.74, 6) is 0. The molecule has 4 nitrogen and oxygen atoms in total. The highest BCUT2D eigenvalue weighted by Gasteiger charge is 2.25. The first-order valence-electron chi connectivity index (χ1n) is 7.39. The maximum Gasteiger partial charge on any atom is 0.243 e. The normalized spacial score (nSPS) is 14.9. The average molecular weight is 296 g/mol. The van der Waals surface area contributed by atoms with Crippen LogP contribution in [-0.2, 0) is 16.4 Å². The zero-order valence-corrected chi connectivity index (χ0v) is 13.2. The van der Waals surface area contributed by atoms with Crippen LogP contribution in [0.25, 0.3) is 0 Å². The van der Waals surface area contributed by atoms with E-state index in [1.165, 1.54) is 4.31 Å². The Labute approximate surface area is 122 Å². The van der Waals surface area contributed by atoms with Gasteiger partial charge in [-0.2, -0.15) is 0 Å². The first-order valence-corrected chi connectivity index (χ1v) is 8.83. The number of anilines is 1. The molecule has 0 atom stereocenters. The van der Waals surface area contributed by atoms with Crippen LogP contribution in [0.1, 0.15) is 38.2 Å². The molecule has 0 saturated carbocycles. The van der Waals surface area contributed by atoms with Crippen LogP contribution in [0.3, 0.4) is 0 Å². The van der Waals surface area contributed by atoms with E-state index in [1.54, 1.807) is 13.1 Å². The third-order valence-corrected chi connectivity index (χ3v) is 5.76. The lowest BCUT2D eigenvalue weighted by atomic mass is 10.0. The van der Waals surface area contributed by atoms with Gasteiger partial charge < -0.3 is 5.32 Å². The number of benzene rings is 1. The minimum Gasteiger partial charge on any atom is -0.385 e. The molecule has 0 spiro atoms. The van der Waals surface area contributed by atoms with Crippen molar-refractivity contribution in [3.8, 4) is 0 Å². The topological polar surface area (TPSA) is 49.4 Å². The van der Waals surface area contributed by atoms with Gasteiger partial charge in [-0.3, -0.25) is 0 Å². The molecule has 0 aromatic heterocycles. The molecule has 0 radical (unpaired) electrons. The number of nitrogens with zero attached hydrogens (tertiary/aromatic N) is 1. The van der Waals surface area contributed by atoms with E-state index in [-0.39, 0.29) is 0 Å². The second-order valence-corrected chi connectivity index (χ2v) is 7.36. The van der Waals surface area contributed by atoms with E-state index >= 15 is 0 Å². The third-order valence-electron chi connectivity index (χ3n) is 3.82. The van der Waals surface area contributed by atoms with Gasteiger partial charge in [0, 0.05) is 25.8 Å². The Morgan fingerprint density at radius 1 is 1.30 bits per heavy atom. The fourth-order valence-electron chi connectivity index (χ4n) is 2.59. The van der Waals surface area contributed by atoms with Crippen molar-refractivity contribution in [1.82, 2.24) is 4.31 Å². The average Bonchev–Trinajstić information content (AvgIpc) is 2.46. The van der Waals surface area contributed by atoms with Crippen molar-refractivity contribution in [1.29, 1.82) is 0 Å². The fourth-order valence-corrected chi connectivity index (χ4v) is 4.07. The second-order valence-electron chi connectivity index (χ2n) is 5.35. The molecule has 0 unspecified atom stereocenters. The Hall–Kier alpha value is -1.07. The van der Waals surface area contributed by atoms with Gasteiger partial charge in [0.25, 0.3) is 0 Å². The molecule has 20 heavy (non-hydrogen) atoms. The molecule has 1 N–H and O–H groups in total. The van der Waals surface area contributed by atoms with Crippen LogP contribution in [0.2, 0.25) is 0 Å². The number of hydrogen-bond donors (Lipinski definition) is 1. The predicted molar refractivity (Wildman–Crippen MR) is 82.6 cm³/mol. The monoisotopic (exact) mass is 296 g/mol. The highest BCUT2D eigenvalue weighted by atomic mass is 32.2. The van der Waals surface area contributed by atoms with E-state index in [0.29, 0.717) is 11.4 Å². The van der Waals surface area contributed by atoms with E-state index in [4.69, 9.17) is 0 Å². The summed E-state index contributed by atoms with van der Waals surface area (Å²) in [5.41, 5.74) is 1.92. The molecule has 1 aromatic rings. The molecule has 1 heterocycles. The first kappa shape index (κ1) is 15.3. The summed E-state index contributed by atoms with van der Waals surface area (Å²) in [5, 5.41) is 3.28. The first-order chi connectivity index (χ1) is 9.57. The Balaban J connectivity index is 2.25. The summed E-state index contributed by atoms with van der Waals surface area (Å²) in [4.78, 5) is 0.473. The van der Waals surface area contributed by atoms with Crippen molar-refractivity contribution in [2.45, 2.75) is 43.9 Å². The molecule has 5 heteroatoms. The third kappa shape index (κ3) is 3.15. The van der Waals surface area contributed by atoms with E-state index in [0.717, 1.165) is 49.9 Å². The van der Waals surface area contributed by atoms with Gasteiger partial charge in [0.05, 0.1) is 4.90 Å². The van der Waals surface area contributed by atoms with Gasteiger partial charge in [0.15, 0.2) is 0 Å². The maximum atomic E-state index is 12.7. The molecule has 0 saturated heterocycles. The van der Waals surface area contributed by atoms with Crippen LogP contribution in [0, 0.1) is 0 Å². The van der Waals surface area contributed by atoms with Crippen molar-refractivity contribution in [3.63, 3.8) is 0 Å². The van der Waals surface area contributed by atoms with E-state index in [2.05, 4.69) is 12.2 Å². The van der Waals surface area contributed by atoms with Gasteiger partial charge in [-0.1, -0.05) is 25.8 Å². The highest BCUT2D eigenvalue weighted by molar-refractivity contribution is 7.89. The Morgan fingerprint density at radius 2 is 2.10 bits per heavy atom. The van der Waals surface area contributed by atoms with Gasteiger partial charge in [0.2, 0.25) is 10.0 Å².